The first-order chi connectivity index (χ1) is 6.06. The van der Waals surface area contributed by atoms with Gasteiger partial charge in [-0.3, -0.25) is 9.59 Å². The van der Waals surface area contributed by atoms with Crippen molar-refractivity contribution >= 4 is 17.8 Å². The number of Topliss-reactive ketones (excluding diaryl/α,β-unsaturated/α-hetero) is 1. The summed E-state index contributed by atoms with van der Waals surface area (Å²) in [6.45, 7) is 3.22. The monoisotopic (exact) mass is 177 g/mol. The molecule has 0 saturated heterocycles. The molecule has 0 aliphatic carbocycles. The molecule has 0 aliphatic rings. The molecule has 3 nitrogen and oxygen atoms in total. The summed E-state index contributed by atoms with van der Waals surface area (Å²) in [7, 11) is 0. The van der Waals surface area contributed by atoms with Gasteiger partial charge in [0.15, 0.2) is 5.78 Å². The van der Waals surface area contributed by atoms with E-state index in [4.69, 9.17) is 5.73 Å². The van der Waals surface area contributed by atoms with Crippen LogP contribution in [0.5, 0.6) is 0 Å². The number of aldehydes is 1. The second-order valence-corrected chi connectivity index (χ2v) is 2.97. The Balaban J connectivity index is 3.36. The summed E-state index contributed by atoms with van der Waals surface area (Å²) < 4.78 is 0. The average Bonchev–Trinajstić information content (AvgIpc) is 2.07. The fourth-order valence-electron chi connectivity index (χ4n) is 1.17. The number of benzene rings is 1. The molecule has 0 unspecified atom stereocenters. The number of aryl methyl sites for hydroxylation is 1. The summed E-state index contributed by atoms with van der Waals surface area (Å²) in [5.74, 6) is -0.0851. The number of carbonyl (C=O) groups is 2. The molecule has 0 bridgehead atoms. The molecular formula is C10H11NO2. The summed E-state index contributed by atoms with van der Waals surface area (Å²) in [4.78, 5) is 21.6. The highest BCUT2D eigenvalue weighted by Gasteiger charge is 2.07. The number of carbonyl (C=O) groups excluding carboxylic acids is 2. The van der Waals surface area contributed by atoms with E-state index >= 15 is 0 Å². The Morgan fingerprint density at radius 1 is 1.46 bits per heavy atom. The van der Waals surface area contributed by atoms with Crippen LogP contribution in [0.2, 0.25) is 0 Å². The van der Waals surface area contributed by atoms with E-state index in [-0.39, 0.29) is 5.78 Å². The van der Waals surface area contributed by atoms with Crippen molar-refractivity contribution in [3.63, 3.8) is 0 Å². The molecule has 0 saturated carbocycles. The van der Waals surface area contributed by atoms with Crippen molar-refractivity contribution in [2.45, 2.75) is 13.8 Å². The topological polar surface area (TPSA) is 60.2 Å². The molecule has 3 heteroatoms. The number of hydrogen-bond acceptors (Lipinski definition) is 3. The smallest absolute Gasteiger partial charge is 0.161 e. The van der Waals surface area contributed by atoms with Gasteiger partial charge in [-0.2, -0.15) is 0 Å². The molecule has 0 spiro atoms. The van der Waals surface area contributed by atoms with Gasteiger partial charge in [-0.15, -0.1) is 0 Å². The Kier molecular flexibility index (Phi) is 2.46. The first-order valence-corrected chi connectivity index (χ1v) is 3.92. The van der Waals surface area contributed by atoms with Crippen LogP contribution in [0.25, 0.3) is 0 Å². The van der Waals surface area contributed by atoms with Crippen LogP contribution in [-0.4, -0.2) is 12.1 Å². The third-order valence-corrected chi connectivity index (χ3v) is 1.94. The van der Waals surface area contributed by atoms with Crippen molar-refractivity contribution < 1.29 is 9.59 Å². The second-order valence-electron chi connectivity index (χ2n) is 2.97. The van der Waals surface area contributed by atoms with Gasteiger partial charge in [0.05, 0.1) is 0 Å². The first kappa shape index (κ1) is 9.45. The Morgan fingerprint density at radius 2 is 2.08 bits per heavy atom. The van der Waals surface area contributed by atoms with Crippen LogP contribution in [-0.2, 0) is 0 Å². The number of nitrogen functional groups attached to an aromatic ring is 1. The Hall–Kier alpha value is -1.64. The standard InChI is InChI=1S/C10H11NO2/c1-6-3-9(7(2)13)10(11)4-8(6)5-12/h3-5H,11H2,1-2H3. The van der Waals surface area contributed by atoms with Crippen LogP contribution in [0, 0.1) is 6.92 Å². The summed E-state index contributed by atoms with van der Waals surface area (Å²) in [6.07, 6.45) is 0.732. The van der Waals surface area contributed by atoms with Crippen molar-refractivity contribution in [2.75, 3.05) is 5.73 Å². The third kappa shape index (κ3) is 1.75. The summed E-state index contributed by atoms with van der Waals surface area (Å²) in [5, 5.41) is 0. The number of anilines is 1. The molecule has 1 aromatic rings. The van der Waals surface area contributed by atoms with E-state index in [9.17, 15) is 9.59 Å². The van der Waals surface area contributed by atoms with Crippen molar-refractivity contribution in [3.8, 4) is 0 Å². The molecular weight excluding hydrogens is 166 g/mol. The predicted molar refractivity (Wildman–Crippen MR) is 51.0 cm³/mol. The third-order valence-electron chi connectivity index (χ3n) is 1.94. The molecule has 0 aromatic heterocycles. The highest BCUT2D eigenvalue weighted by molar-refractivity contribution is 6.00. The molecule has 68 valence electrons. The molecule has 2 N–H and O–H groups in total. The number of nitrogens with two attached hydrogens (primary N) is 1. The van der Waals surface area contributed by atoms with E-state index in [0.29, 0.717) is 16.8 Å². The fraction of sp³-hybridized carbons (Fsp3) is 0.200. The fourth-order valence-corrected chi connectivity index (χ4v) is 1.17. The largest absolute Gasteiger partial charge is 0.398 e. The van der Waals surface area contributed by atoms with Gasteiger partial charge in [0, 0.05) is 16.8 Å². The van der Waals surface area contributed by atoms with Gasteiger partial charge >= 0.3 is 0 Å². The van der Waals surface area contributed by atoms with Crippen LogP contribution in [0.4, 0.5) is 5.69 Å². The summed E-state index contributed by atoms with van der Waals surface area (Å²) >= 11 is 0. The lowest BCUT2D eigenvalue weighted by molar-refractivity contribution is 0.101. The zero-order chi connectivity index (χ0) is 10.0. The maximum absolute atomic E-state index is 11.0. The predicted octanol–water partition coefficient (Wildman–Crippen LogP) is 1.59. The van der Waals surface area contributed by atoms with E-state index in [1.807, 2.05) is 0 Å². The van der Waals surface area contributed by atoms with Crippen LogP contribution < -0.4 is 5.73 Å². The quantitative estimate of drug-likeness (QED) is 0.424. The Labute approximate surface area is 76.6 Å². The molecule has 13 heavy (non-hydrogen) atoms. The van der Waals surface area contributed by atoms with E-state index < -0.39 is 0 Å². The Morgan fingerprint density at radius 3 is 2.54 bits per heavy atom. The van der Waals surface area contributed by atoms with Gasteiger partial charge in [0.2, 0.25) is 0 Å². The minimum atomic E-state index is -0.0851. The van der Waals surface area contributed by atoms with Crippen LogP contribution >= 0.6 is 0 Å². The van der Waals surface area contributed by atoms with Gasteiger partial charge in [-0.05, 0) is 31.5 Å². The van der Waals surface area contributed by atoms with Crippen LogP contribution in [0.1, 0.15) is 33.2 Å². The zero-order valence-corrected chi connectivity index (χ0v) is 7.63. The molecule has 0 radical (unpaired) electrons. The van der Waals surface area contributed by atoms with E-state index in [2.05, 4.69) is 0 Å². The van der Waals surface area contributed by atoms with Crippen molar-refractivity contribution in [1.82, 2.24) is 0 Å². The maximum atomic E-state index is 11.0. The lowest BCUT2D eigenvalue weighted by Crippen LogP contribution is -2.02. The van der Waals surface area contributed by atoms with Crippen LogP contribution in [0.3, 0.4) is 0 Å². The molecule has 0 fully saturated rings. The SMILES string of the molecule is CC(=O)c1cc(C)c(C=O)cc1N. The summed E-state index contributed by atoms with van der Waals surface area (Å²) in [6, 6.07) is 3.17. The second kappa shape index (κ2) is 3.39. The van der Waals surface area contributed by atoms with Gasteiger partial charge in [-0.25, -0.2) is 0 Å². The van der Waals surface area contributed by atoms with Gasteiger partial charge in [0.1, 0.15) is 6.29 Å². The summed E-state index contributed by atoms with van der Waals surface area (Å²) in [5.41, 5.74) is 7.73. The van der Waals surface area contributed by atoms with Gasteiger partial charge < -0.3 is 5.73 Å². The highest BCUT2D eigenvalue weighted by atomic mass is 16.1. The van der Waals surface area contributed by atoms with E-state index in [1.54, 1.807) is 13.0 Å². The molecule has 0 heterocycles. The van der Waals surface area contributed by atoms with E-state index in [0.717, 1.165) is 11.8 Å². The molecule has 0 atom stereocenters. The van der Waals surface area contributed by atoms with Crippen molar-refractivity contribution in [1.29, 1.82) is 0 Å². The molecule has 1 aromatic carbocycles. The first-order valence-electron chi connectivity index (χ1n) is 3.92. The van der Waals surface area contributed by atoms with Crippen molar-refractivity contribution in [3.05, 3.63) is 28.8 Å². The number of ketones is 1. The van der Waals surface area contributed by atoms with E-state index in [1.165, 1.54) is 13.0 Å². The van der Waals surface area contributed by atoms with Gasteiger partial charge in [-0.1, -0.05) is 0 Å². The lowest BCUT2D eigenvalue weighted by atomic mass is 10.0. The molecule has 0 amide bonds. The average molecular weight is 177 g/mol. The Bertz CT molecular complexity index is 369. The van der Waals surface area contributed by atoms with Crippen LogP contribution in [0.15, 0.2) is 12.1 Å². The maximum Gasteiger partial charge on any atom is 0.161 e. The lowest BCUT2D eigenvalue weighted by Gasteiger charge is -2.05. The normalized spacial score (nSPS) is 9.69. The molecule has 0 aliphatic heterocycles. The minimum Gasteiger partial charge on any atom is -0.398 e. The number of hydrogen-bond donors (Lipinski definition) is 1. The van der Waals surface area contributed by atoms with Crippen molar-refractivity contribution in [2.24, 2.45) is 0 Å². The minimum absolute atomic E-state index is 0.0851. The highest BCUT2D eigenvalue weighted by Crippen LogP contribution is 2.17. The molecule has 1 rings (SSSR count). The number of rotatable bonds is 2. The van der Waals surface area contributed by atoms with Gasteiger partial charge in [0.25, 0.3) is 0 Å². The zero-order valence-electron chi connectivity index (χ0n) is 7.63.